The third-order valence-corrected chi connectivity index (χ3v) is 2.06. The summed E-state index contributed by atoms with van der Waals surface area (Å²) in [6.07, 6.45) is 2.90. The zero-order valence-corrected chi connectivity index (χ0v) is 7.99. The van der Waals surface area contributed by atoms with Crippen molar-refractivity contribution >= 4 is 7.25 Å². The highest BCUT2D eigenvalue weighted by Crippen LogP contribution is 2.06. The highest BCUT2D eigenvalue weighted by Gasteiger charge is 2.20. The summed E-state index contributed by atoms with van der Waals surface area (Å²) in [5, 5.41) is 0. The Balaban J connectivity index is 0.000000252. The lowest BCUT2D eigenvalue weighted by molar-refractivity contribution is -0.909. The average Bonchev–Trinajstić information content (AvgIpc) is 2.31. The van der Waals surface area contributed by atoms with Crippen LogP contribution in [0.4, 0.5) is 17.3 Å². The van der Waals surface area contributed by atoms with Crippen LogP contribution in [0.1, 0.15) is 26.7 Å². The summed E-state index contributed by atoms with van der Waals surface area (Å²) < 4.78 is 39.0. The van der Waals surface area contributed by atoms with Gasteiger partial charge in [-0.1, -0.05) is 0 Å². The molecular formula is C7H16BF4N. The summed E-state index contributed by atoms with van der Waals surface area (Å²) in [6.45, 7) is 7.44. The second kappa shape index (κ2) is 5.47. The molecule has 0 amide bonds. The molecule has 0 atom stereocenters. The van der Waals surface area contributed by atoms with E-state index in [-0.39, 0.29) is 0 Å². The maximum Gasteiger partial charge on any atom is 0.673 e. The Labute approximate surface area is 76.2 Å². The minimum Gasteiger partial charge on any atom is -0.418 e. The van der Waals surface area contributed by atoms with Crippen molar-refractivity contribution in [1.29, 1.82) is 0 Å². The first-order valence-corrected chi connectivity index (χ1v) is 4.52. The molecule has 1 aliphatic rings. The van der Waals surface area contributed by atoms with E-state index in [2.05, 4.69) is 13.8 Å². The Kier molecular flexibility index (Phi) is 5.36. The molecule has 0 aromatic rings. The van der Waals surface area contributed by atoms with E-state index in [4.69, 9.17) is 0 Å². The molecule has 0 bridgehead atoms. The van der Waals surface area contributed by atoms with Gasteiger partial charge in [-0.3, -0.25) is 0 Å². The van der Waals surface area contributed by atoms with Crippen LogP contribution in [0.25, 0.3) is 0 Å². The average molecular weight is 201 g/mol. The van der Waals surface area contributed by atoms with Crippen LogP contribution in [-0.2, 0) is 0 Å². The van der Waals surface area contributed by atoms with Crippen molar-refractivity contribution in [2.45, 2.75) is 32.7 Å². The number of nitrogens with one attached hydrogen (secondary N) is 1. The maximum absolute atomic E-state index is 9.75. The third-order valence-electron chi connectivity index (χ3n) is 2.06. The first-order valence-electron chi connectivity index (χ1n) is 4.52. The quantitative estimate of drug-likeness (QED) is 0.482. The molecule has 0 spiro atoms. The molecule has 1 saturated heterocycles. The van der Waals surface area contributed by atoms with Crippen molar-refractivity contribution in [2.24, 2.45) is 0 Å². The Hall–Kier alpha value is -0.255. The lowest BCUT2D eigenvalue weighted by Gasteiger charge is -2.15. The van der Waals surface area contributed by atoms with Gasteiger partial charge in [0.15, 0.2) is 0 Å². The van der Waals surface area contributed by atoms with Crippen molar-refractivity contribution in [2.75, 3.05) is 13.1 Å². The van der Waals surface area contributed by atoms with Crippen LogP contribution in [0.3, 0.4) is 0 Å². The second-order valence-electron chi connectivity index (χ2n) is 3.51. The number of hydrogen-bond acceptors (Lipinski definition) is 0. The maximum atomic E-state index is 9.75. The molecule has 0 saturated carbocycles. The van der Waals surface area contributed by atoms with Gasteiger partial charge < -0.3 is 22.2 Å². The van der Waals surface area contributed by atoms with Crippen molar-refractivity contribution in [3.8, 4) is 0 Å². The summed E-state index contributed by atoms with van der Waals surface area (Å²) in [4.78, 5) is 1.80. The van der Waals surface area contributed by atoms with Gasteiger partial charge in [0.25, 0.3) is 0 Å². The van der Waals surface area contributed by atoms with E-state index in [1.165, 1.54) is 25.9 Å². The fourth-order valence-corrected chi connectivity index (χ4v) is 1.41. The van der Waals surface area contributed by atoms with E-state index in [9.17, 15) is 17.3 Å². The van der Waals surface area contributed by atoms with E-state index in [0.717, 1.165) is 6.04 Å². The van der Waals surface area contributed by atoms with E-state index in [1.807, 2.05) is 0 Å². The fraction of sp³-hybridized carbons (Fsp3) is 1.00. The molecule has 1 aliphatic heterocycles. The molecule has 80 valence electrons. The molecule has 0 aromatic heterocycles. The Morgan fingerprint density at radius 2 is 1.31 bits per heavy atom. The van der Waals surface area contributed by atoms with E-state index >= 15 is 0 Å². The molecule has 0 radical (unpaired) electrons. The molecule has 1 rings (SSSR count). The van der Waals surface area contributed by atoms with Gasteiger partial charge in [-0.05, 0) is 13.8 Å². The minimum atomic E-state index is -6.00. The van der Waals surface area contributed by atoms with Crippen molar-refractivity contribution in [3.63, 3.8) is 0 Å². The van der Waals surface area contributed by atoms with Gasteiger partial charge in [-0.25, -0.2) is 0 Å². The predicted octanol–water partition coefficient (Wildman–Crippen LogP) is 1.37. The summed E-state index contributed by atoms with van der Waals surface area (Å²) in [5.41, 5.74) is 0. The number of quaternary nitrogens is 1. The number of likely N-dealkylation sites (tertiary alicyclic amines) is 1. The zero-order valence-electron chi connectivity index (χ0n) is 7.99. The Morgan fingerprint density at radius 1 is 1.00 bits per heavy atom. The Morgan fingerprint density at radius 3 is 1.46 bits per heavy atom. The van der Waals surface area contributed by atoms with Crippen LogP contribution in [0.5, 0.6) is 0 Å². The van der Waals surface area contributed by atoms with E-state index in [1.54, 1.807) is 4.90 Å². The number of hydrogen-bond donors (Lipinski definition) is 1. The lowest BCUT2D eigenvalue weighted by atomic mass is 10.3. The van der Waals surface area contributed by atoms with Crippen molar-refractivity contribution < 1.29 is 22.2 Å². The van der Waals surface area contributed by atoms with Gasteiger partial charge >= 0.3 is 7.25 Å². The second-order valence-corrected chi connectivity index (χ2v) is 3.51. The highest BCUT2D eigenvalue weighted by molar-refractivity contribution is 6.50. The van der Waals surface area contributed by atoms with Crippen LogP contribution in [0.15, 0.2) is 0 Å². The molecule has 0 unspecified atom stereocenters. The standard InChI is InChI=1S/C7H15N.BF4/c1-7(2)8-5-3-4-6-8;2-1(3,4)5/h7H,3-6H2,1-2H3;/q;-1/p+1. The van der Waals surface area contributed by atoms with Gasteiger partial charge in [0, 0.05) is 12.8 Å². The molecule has 0 aromatic carbocycles. The Bertz CT molecular complexity index is 125. The minimum absolute atomic E-state index is 0.859. The molecule has 1 heterocycles. The van der Waals surface area contributed by atoms with Crippen LogP contribution in [0.2, 0.25) is 0 Å². The van der Waals surface area contributed by atoms with Gasteiger partial charge in [-0.15, -0.1) is 0 Å². The highest BCUT2D eigenvalue weighted by atomic mass is 19.5. The summed E-state index contributed by atoms with van der Waals surface area (Å²) in [5.74, 6) is 0. The van der Waals surface area contributed by atoms with Gasteiger partial charge in [0.1, 0.15) is 0 Å². The van der Waals surface area contributed by atoms with Crippen molar-refractivity contribution in [1.82, 2.24) is 0 Å². The van der Waals surface area contributed by atoms with Crippen LogP contribution in [-0.4, -0.2) is 26.4 Å². The number of halogens is 4. The van der Waals surface area contributed by atoms with Crippen molar-refractivity contribution in [3.05, 3.63) is 0 Å². The SMILES string of the molecule is CC(C)[NH+]1CCCC1.F[B-](F)(F)F. The van der Waals surface area contributed by atoms with Crippen LogP contribution < -0.4 is 4.90 Å². The zero-order chi connectivity index (χ0) is 10.5. The molecule has 1 fully saturated rings. The van der Waals surface area contributed by atoms with Crippen LogP contribution in [0, 0.1) is 0 Å². The first-order chi connectivity index (χ1) is 5.80. The lowest BCUT2D eigenvalue weighted by Crippen LogP contribution is -3.13. The van der Waals surface area contributed by atoms with Gasteiger partial charge in [0.2, 0.25) is 0 Å². The van der Waals surface area contributed by atoms with E-state index in [0.29, 0.717) is 0 Å². The molecule has 1 nitrogen and oxygen atoms in total. The monoisotopic (exact) mass is 201 g/mol. The summed E-state index contributed by atoms with van der Waals surface area (Å²) in [7, 11) is -6.00. The number of rotatable bonds is 1. The predicted molar refractivity (Wildman–Crippen MR) is 45.3 cm³/mol. The molecule has 0 aliphatic carbocycles. The third kappa shape index (κ3) is 9.66. The summed E-state index contributed by atoms with van der Waals surface area (Å²) >= 11 is 0. The van der Waals surface area contributed by atoms with Gasteiger partial charge in [-0.2, -0.15) is 0 Å². The topological polar surface area (TPSA) is 4.44 Å². The first kappa shape index (κ1) is 12.7. The molecule has 1 N–H and O–H groups in total. The van der Waals surface area contributed by atoms with Crippen LogP contribution >= 0.6 is 0 Å². The fourth-order valence-electron chi connectivity index (χ4n) is 1.41. The largest absolute Gasteiger partial charge is 0.673 e. The van der Waals surface area contributed by atoms with E-state index < -0.39 is 7.25 Å². The smallest absolute Gasteiger partial charge is 0.418 e. The molecular weight excluding hydrogens is 185 g/mol. The normalized spacial score (nSPS) is 18.7. The molecule has 13 heavy (non-hydrogen) atoms. The van der Waals surface area contributed by atoms with Gasteiger partial charge in [0.05, 0.1) is 19.1 Å². The summed E-state index contributed by atoms with van der Waals surface area (Å²) in [6, 6.07) is 0.859. The molecule has 6 heteroatoms.